The quantitative estimate of drug-likeness (QED) is 0.946. The van der Waals surface area contributed by atoms with Crippen LogP contribution in [-0.4, -0.2) is 20.2 Å². The average Bonchev–Trinajstić information content (AvgIpc) is 2.88. The number of nitrogens with one attached hydrogen (secondary N) is 1. The molecule has 0 saturated heterocycles. The number of alkyl halides is 3. The first-order valence-electron chi connectivity index (χ1n) is 6.62. The molecule has 8 heteroatoms. The van der Waals surface area contributed by atoms with E-state index in [0.29, 0.717) is 5.69 Å². The first-order valence-corrected chi connectivity index (χ1v) is 6.62. The second-order valence-electron chi connectivity index (χ2n) is 4.85. The van der Waals surface area contributed by atoms with Gasteiger partial charge in [-0.25, -0.2) is 4.98 Å². The molecule has 0 bridgehead atoms. The van der Waals surface area contributed by atoms with Crippen LogP contribution >= 0.6 is 0 Å². The summed E-state index contributed by atoms with van der Waals surface area (Å²) >= 11 is 0. The minimum Gasteiger partial charge on any atom is -0.457 e. The Morgan fingerprint density at radius 1 is 1.24 bits per heavy atom. The molecule has 5 nitrogen and oxygen atoms in total. The maximum atomic E-state index is 12.5. The van der Waals surface area contributed by atoms with E-state index in [1.165, 1.54) is 0 Å². The van der Waals surface area contributed by atoms with E-state index in [4.69, 9.17) is 4.74 Å². The summed E-state index contributed by atoms with van der Waals surface area (Å²) in [5, 5.41) is 7.10. The number of hydrogen-bond acceptors (Lipinski definition) is 4. The monoisotopic (exact) mass is 298 g/mol. The second-order valence-corrected chi connectivity index (χ2v) is 4.85. The van der Waals surface area contributed by atoms with E-state index in [-0.39, 0.29) is 12.6 Å². The largest absolute Gasteiger partial charge is 0.457 e. The molecule has 1 aliphatic carbocycles. The molecule has 0 aromatic carbocycles. The zero-order chi connectivity index (χ0) is 14.9. The van der Waals surface area contributed by atoms with E-state index in [2.05, 4.69) is 20.2 Å². The number of aromatic amines is 1. The summed E-state index contributed by atoms with van der Waals surface area (Å²) in [6.45, 7) is 0.0626. The number of rotatable bonds is 3. The summed E-state index contributed by atoms with van der Waals surface area (Å²) in [5.74, 6) is 0. The van der Waals surface area contributed by atoms with Crippen molar-refractivity contribution in [3.8, 4) is 6.01 Å². The van der Waals surface area contributed by atoms with Crippen molar-refractivity contribution in [2.24, 2.45) is 0 Å². The Hall–Kier alpha value is -2.12. The lowest BCUT2D eigenvalue weighted by molar-refractivity contribution is -0.141. The van der Waals surface area contributed by atoms with E-state index >= 15 is 0 Å². The minimum absolute atomic E-state index is 0.0626. The molecular formula is C13H13F3N4O. The number of nitrogens with zero attached hydrogens (tertiary/aromatic N) is 3. The average molecular weight is 298 g/mol. The molecule has 0 amide bonds. The lowest BCUT2D eigenvalue weighted by Crippen LogP contribution is -2.10. The Morgan fingerprint density at radius 2 is 2.05 bits per heavy atom. The van der Waals surface area contributed by atoms with Crippen molar-refractivity contribution in [2.45, 2.75) is 38.5 Å². The van der Waals surface area contributed by atoms with Crippen LogP contribution in [0.2, 0.25) is 0 Å². The van der Waals surface area contributed by atoms with Gasteiger partial charge in [0.1, 0.15) is 12.3 Å². The first-order chi connectivity index (χ1) is 10.0. The fourth-order valence-electron chi connectivity index (χ4n) is 2.37. The number of fused-ring (bicyclic) bond motifs is 1. The van der Waals surface area contributed by atoms with Gasteiger partial charge < -0.3 is 4.74 Å². The first kappa shape index (κ1) is 13.8. The van der Waals surface area contributed by atoms with Crippen molar-refractivity contribution in [1.82, 2.24) is 20.2 Å². The van der Waals surface area contributed by atoms with Crippen LogP contribution in [0.3, 0.4) is 0 Å². The van der Waals surface area contributed by atoms with Crippen LogP contribution < -0.4 is 4.74 Å². The van der Waals surface area contributed by atoms with Crippen LogP contribution in [0.1, 0.15) is 35.5 Å². The Labute approximate surface area is 118 Å². The van der Waals surface area contributed by atoms with Crippen LogP contribution in [0.15, 0.2) is 12.3 Å². The summed E-state index contributed by atoms with van der Waals surface area (Å²) in [5.41, 5.74) is 1.89. The van der Waals surface area contributed by atoms with Gasteiger partial charge in [0.05, 0.1) is 0 Å². The van der Waals surface area contributed by atoms with E-state index in [9.17, 15) is 13.2 Å². The summed E-state index contributed by atoms with van der Waals surface area (Å²) in [6.07, 6.45) is 0.583. The summed E-state index contributed by atoms with van der Waals surface area (Å²) in [4.78, 5) is 7.05. The third-order valence-electron chi connectivity index (χ3n) is 3.40. The number of aryl methyl sites for hydroxylation is 1. The van der Waals surface area contributed by atoms with Gasteiger partial charge in [-0.3, -0.25) is 5.10 Å². The van der Waals surface area contributed by atoms with Gasteiger partial charge >= 0.3 is 12.2 Å². The molecule has 0 unspecified atom stereocenters. The van der Waals surface area contributed by atoms with Crippen LogP contribution in [-0.2, 0) is 25.6 Å². The SMILES string of the molecule is FC(F)(F)c1ccnc(OCc2n[nH]c3c2CCCC3)n1. The highest BCUT2D eigenvalue weighted by Crippen LogP contribution is 2.28. The number of halogens is 3. The molecule has 0 aliphatic heterocycles. The van der Waals surface area contributed by atoms with E-state index in [1.54, 1.807) is 0 Å². The molecule has 2 heterocycles. The van der Waals surface area contributed by atoms with Crippen molar-refractivity contribution in [1.29, 1.82) is 0 Å². The highest BCUT2D eigenvalue weighted by molar-refractivity contribution is 5.27. The molecule has 21 heavy (non-hydrogen) atoms. The minimum atomic E-state index is -4.51. The highest BCUT2D eigenvalue weighted by Gasteiger charge is 2.33. The maximum absolute atomic E-state index is 12.5. The number of aromatic nitrogens is 4. The number of ether oxygens (including phenoxy) is 1. The molecule has 0 spiro atoms. The second kappa shape index (κ2) is 5.34. The normalized spacial score (nSPS) is 14.8. The molecule has 2 aromatic heterocycles. The fourth-order valence-corrected chi connectivity index (χ4v) is 2.37. The third kappa shape index (κ3) is 2.98. The maximum Gasteiger partial charge on any atom is 0.433 e. The van der Waals surface area contributed by atoms with Crippen LogP contribution in [0.5, 0.6) is 6.01 Å². The predicted molar refractivity (Wildman–Crippen MR) is 66.6 cm³/mol. The van der Waals surface area contributed by atoms with Gasteiger partial charge in [0.15, 0.2) is 5.69 Å². The summed E-state index contributed by atoms with van der Waals surface area (Å²) in [7, 11) is 0. The van der Waals surface area contributed by atoms with E-state index in [0.717, 1.165) is 49.2 Å². The zero-order valence-corrected chi connectivity index (χ0v) is 11.1. The standard InChI is InChI=1S/C13H13F3N4O/c14-13(15,16)11-5-6-17-12(18-11)21-7-10-8-3-1-2-4-9(8)19-20-10/h5-6H,1-4,7H2,(H,19,20). The zero-order valence-electron chi connectivity index (χ0n) is 11.1. The van der Waals surface area contributed by atoms with Crippen molar-refractivity contribution in [2.75, 3.05) is 0 Å². The van der Waals surface area contributed by atoms with Crippen molar-refractivity contribution < 1.29 is 17.9 Å². The summed E-state index contributed by atoms with van der Waals surface area (Å²) < 4.78 is 42.9. The molecule has 2 aromatic rings. The number of H-pyrrole nitrogens is 1. The topological polar surface area (TPSA) is 63.7 Å². The summed E-state index contributed by atoms with van der Waals surface area (Å²) in [6, 6.07) is 0.515. The predicted octanol–water partition coefficient (Wildman–Crippen LogP) is 2.68. The van der Waals surface area contributed by atoms with Crippen LogP contribution in [0, 0.1) is 0 Å². The lowest BCUT2D eigenvalue weighted by atomic mass is 9.96. The molecule has 1 N–H and O–H groups in total. The molecule has 0 radical (unpaired) electrons. The van der Waals surface area contributed by atoms with Crippen LogP contribution in [0.25, 0.3) is 0 Å². The van der Waals surface area contributed by atoms with Crippen molar-refractivity contribution in [3.05, 3.63) is 34.9 Å². The number of hydrogen-bond donors (Lipinski definition) is 1. The Balaban J connectivity index is 1.72. The third-order valence-corrected chi connectivity index (χ3v) is 3.40. The van der Waals surface area contributed by atoms with Gasteiger partial charge in [-0.05, 0) is 37.3 Å². The molecule has 1 aliphatic rings. The van der Waals surface area contributed by atoms with Gasteiger partial charge in [0.25, 0.3) is 0 Å². The van der Waals surface area contributed by atoms with Gasteiger partial charge in [-0.2, -0.15) is 23.3 Å². The molecular weight excluding hydrogens is 285 g/mol. The molecule has 0 fully saturated rings. The fraction of sp³-hybridized carbons (Fsp3) is 0.462. The molecule has 112 valence electrons. The Kier molecular flexibility index (Phi) is 3.52. The van der Waals surface area contributed by atoms with E-state index < -0.39 is 11.9 Å². The van der Waals surface area contributed by atoms with Gasteiger partial charge in [-0.1, -0.05) is 0 Å². The molecule has 0 atom stereocenters. The van der Waals surface area contributed by atoms with Gasteiger partial charge in [-0.15, -0.1) is 0 Å². The van der Waals surface area contributed by atoms with Crippen molar-refractivity contribution >= 4 is 0 Å². The molecule has 3 rings (SSSR count). The highest BCUT2D eigenvalue weighted by atomic mass is 19.4. The lowest BCUT2D eigenvalue weighted by Gasteiger charge is -2.11. The van der Waals surface area contributed by atoms with Crippen LogP contribution in [0.4, 0.5) is 13.2 Å². The smallest absolute Gasteiger partial charge is 0.433 e. The molecule has 0 saturated carbocycles. The Morgan fingerprint density at radius 3 is 2.86 bits per heavy atom. The van der Waals surface area contributed by atoms with Gasteiger partial charge in [0.2, 0.25) is 0 Å². The Bertz CT molecular complexity index is 639. The van der Waals surface area contributed by atoms with Gasteiger partial charge in [0, 0.05) is 11.9 Å². The van der Waals surface area contributed by atoms with Crippen molar-refractivity contribution in [3.63, 3.8) is 0 Å². The van der Waals surface area contributed by atoms with E-state index in [1.807, 2.05) is 0 Å².